The summed E-state index contributed by atoms with van der Waals surface area (Å²) >= 11 is 5.96. The molecule has 3 aromatic rings. The van der Waals surface area contributed by atoms with Crippen LogP contribution >= 0.6 is 11.6 Å². The smallest absolute Gasteiger partial charge is 0.266 e. The van der Waals surface area contributed by atoms with E-state index in [2.05, 4.69) is 20.9 Å². The van der Waals surface area contributed by atoms with Crippen LogP contribution in [0.5, 0.6) is 0 Å². The molecule has 0 spiro atoms. The molecule has 9 heteroatoms. The molecule has 0 aliphatic carbocycles. The Morgan fingerprint density at radius 2 is 2.17 bits per heavy atom. The van der Waals surface area contributed by atoms with Gasteiger partial charge in [0.05, 0.1) is 23.0 Å². The molecule has 3 rings (SSSR count). The van der Waals surface area contributed by atoms with Gasteiger partial charge in [-0.3, -0.25) is 9.40 Å². The number of aryl methyl sites for hydroxylation is 2. The number of anilines is 1. The Balaban J connectivity index is 2.12. The average molecular weight is 350 g/mol. The van der Waals surface area contributed by atoms with Crippen LogP contribution in [0.4, 0.5) is 5.69 Å². The number of benzene rings is 1. The number of aromatic nitrogens is 3. The number of aromatic amines is 1. The van der Waals surface area contributed by atoms with E-state index < -0.39 is 10.0 Å². The number of halogens is 1. The van der Waals surface area contributed by atoms with Crippen LogP contribution in [-0.2, 0) is 17.1 Å². The van der Waals surface area contributed by atoms with Crippen LogP contribution in [0.25, 0.3) is 10.9 Å². The maximum atomic E-state index is 12.5. The van der Waals surface area contributed by atoms with E-state index in [-0.39, 0.29) is 10.0 Å². The van der Waals surface area contributed by atoms with Gasteiger partial charge in [0, 0.05) is 18.6 Å². The van der Waals surface area contributed by atoms with Crippen molar-refractivity contribution in [3.8, 4) is 6.07 Å². The zero-order chi connectivity index (χ0) is 16.8. The quantitative estimate of drug-likeness (QED) is 0.758. The Morgan fingerprint density at radius 1 is 1.43 bits per heavy atom. The van der Waals surface area contributed by atoms with E-state index in [0.717, 1.165) is 5.56 Å². The Morgan fingerprint density at radius 3 is 2.78 bits per heavy atom. The summed E-state index contributed by atoms with van der Waals surface area (Å²) in [6.07, 6.45) is 2.73. The molecule has 0 aliphatic rings. The van der Waals surface area contributed by atoms with Crippen molar-refractivity contribution in [3.63, 3.8) is 0 Å². The molecule has 7 nitrogen and oxygen atoms in total. The fourth-order valence-corrected chi connectivity index (χ4v) is 3.88. The van der Waals surface area contributed by atoms with Gasteiger partial charge in [-0.15, -0.1) is 0 Å². The molecule has 23 heavy (non-hydrogen) atoms. The lowest BCUT2D eigenvalue weighted by Gasteiger charge is -2.09. The molecule has 0 amide bonds. The van der Waals surface area contributed by atoms with E-state index >= 15 is 0 Å². The van der Waals surface area contributed by atoms with Crippen LogP contribution in [0.3, 0.4) is 0 Å². The van der Waals surface area contributed by atoms with Crippen molar-refractivity contribution >= 4 is 38.2 Å². The van der Waals surface area contributed by atoms with Gasteiger partial charge < -0.3 is 4.98 Å². The normalized spacial score (nSPS) is 11.6. The summed E-state index contributed by atoms with van der Waals surface area (Å²) in [5.74, 6) is 0. The van der Waals surface area contributed by atoms with Gasteiger partial charge in [-0.05, 0) is 18.6 Å². The number of nitrogens with zero attached hydrogens (tertiary/aromatic N) is 3. The lowest BCUT2D eigenvalue weighted by Crippen LogP contribution is -2.13. The number of fused-ring (bicyclic) bond motifs is 1. The molecular weight excluding hydrogens is 338 g/mol. The second-order valence-corrected chi connectivity index (χ2v) is 7.03. The maximum Gasteiger partial charge on any atom is 0.266 e. The lowest BCUT2D eigenvalue weighted by atomic mass is 10.1. The van der Waals surface area contributed by atoms with Crippen molar-refractivity contribution in [1.29, 1.82) is 5.26 Å². The van der Waals surface area contributed by atoms with Crippen molar-refractivity contribution in [2.24, 2.45) is 7.05 Å². The number of H-pyrrole nitrogens is 1. The largest absolute Gasteiger partial charge is 0.358 e. The summed E-state index contributed by atoms with van der Waals surface area (Å²) in [5, 5.41) is 13.7. The van der Waals surface area contributed by atoms with E-state index in [1.165, 1.54) is 10.9 Å². The van der Waals surface area contributed by atoms with E-state index in [1.807, 2.05) is 6.92 Å². The van der Waals surface area contributed by atoms with Gasteiger partial charge in [-0.1, -0.05) is 17.7 Å². The van der Waals surface area contributed by atoms with Gasteiger partial charge in [0.25, 0.3) is 10.0 Å². The summed E-state index contributed by atoms with van der Waals surface area (Å²) in [4.78, 5) is 2.83. The number of sulfonamides is 1. The molecule has 0 aliphatic heterocycles. The van der Waals surface area contributed by atoms with Gasteiger partial charge in [0.2, 0.25) is 0 Å². The van der Waals surface area contributed by atoms with Crippen LogP contribution in [0, 0.1) is 18.3 Å². The molecule has 0 saturated carbocycles. The van der Waals surface area contributed by atoms with Crippen LogP contribution in [0.15, 0.2) is 29.4 Å². The molecule has 118 valence electrons. The fraction of sp³-hybridized carbons (Fsp3) is 0.143. The van der Waals surface area contributed by atoms with Crippen molar-refractivity contribution in [2.75, 3.05) is 4.72 Å². The highest BCUT2D eigenvalue weighted by Gasteiger charge is 2.23. The predicted octanol–water partition coefficient (Wildman–Crippen LogP) is 2.54. The summed E-state index contributed by atoms with van der Waals surface area (Å²) in [6, 6.07) is 5.47. The molecule has 0 fully saturated rings. The molecule has 2 heterocycles. The maximum absolute atomic E-state index is 12.5. The first-order valence-electron chi connectivity index (χ1n) is 6.56. The molecular formula is C14H12ClN5O2S. The van der Waals surface area contributed by atoms with E-state index in [1.54, 1.807) is 25.4 Å². The third-order valence-corrected chi connectivity index (χ3v) is 5.46. The summed E-state index contributed by atoms with van der Waals surface area (Å²) in [7, 11) is -2.34. The predicted molar refractivity (Wildman–Crippen MR) is 86.8 cm³/mol. The lowest BCUT2D eigenvalue weighted by molar-refractivity contribution is 0.601. The zero-order valence-electron chi connectivity index (χ0n) is 12.3. The topological polar surface area (TPSA) is 104 Å². The second kappa shape index (κ2) is 5.30. The Bertz CT molecular complexity index is 1060. The van der Waals surface area contributed by atoms with Crippen molar-refractivity contribution in [2.45, 2.75) is 11.8 Å². The van der Waals surface area contributed by atoms with Crippen LogP contribution in [0.2, 0.25) is 5.15 Å². The summed E-state index contributed by atoms with van der Waals surface area (Å²) in [5.41, 5.74) is 2.22. The highest BCUT2D eigenvalue weighted by molar-refractivity contribution is 7.92. The minimum absolute atomic E-state index is 0.0186. The van der Waals surface area contributed by atoms with Gasteiger partial charge in [-0.2, -0.15) is 10.4 Å². The third-order valence-electron chi connectivity index (χ3n) is 3.53. The fourth-order valence-electron chi connectivity index (χ4n) is 2.38. The van der Waals surface area contributed by atoms with Crippen molar-refractivity contribution in [1.82, 2.24) is 14.8 Å². The number of nitriles is 1. The average Bonchev–Trinajstić information content (AvgIpc) is 3.07. The standard InChI is InChI=1S/C14H12ClN5O2S/c1-8-3-4-10(13-12(8)9(5-16)6-17-13)19-23(21,22)11-7-18-20(2)14(11)15/h3-4,6-7,17,19H,1-2H3. The highest BCUT2D eigenvalue weighted by atomic mass is 35.5. The monoisotopic (exact) mass is 349 g/mol. The molecule has 0 bridgehead atoms. The molecule has 2 N–H and O–H groups in total. The number of nitrogens with one attached hydrogen (secondary N) is 2. The first kappa shape index (κ1) is 15.4. The third kappa shape index (κ3) is 2.44. The Labute approximate surface area is 137 Å². The molecule has 2 aromatic heterocycles. The second-order valence-electron chi connectivity index (χ2n) is 5.02. The Kier molecular flexibility index (Phi) is 3.55. The van der Waals surface area contributed by atoms with E-state index in [0.29, 0.717) is 22.2 Å². The summed E-state index contributed by atoms with van der Waals surface area (Å²) < 4.78 is 28.8. The van der Waals surface area contributed by atoms with Crippen LogP contribution < -0.4 is 4.72 Å². The first-order valence-corrected chi connectivity index (χ1v) is 8.42. The summed E-state index contributed by atoms with van der Waals surface area (Å²) in [6.45, 7) is 1.85. The number of hydrogen-bond acceptors (Lipinski definition) is 4. The molecule has 0 saturated heterocycles. The molecule has 1 aromatic carbocycles. The van der Waals surface area contributed by atoms with Crippen LogP contribution in [0.1, 0.15) is 11.1 Å². The van der Waals surface area contributed by atoms with E-state index in [9.17, 15) is 8.42 Å². The number of hydrogen-bond donors (Lipinski definition) is 2. The van der Waals surface area contributed by atoms with Crippen molar-refractivity contribution in [3.05, 3.63) is 40.8 Å². The van der Waals surface area contributed by atoms with Crippen molar-refractivity contribution < 1.29 is 8.42 Å². The first-order chi connectivity index (χ1) is 10.8. The van der Waals surface area contributed by atoms with Gasteiger partial charge >= 0.3 is 0 Å². The van der Waals surface area contributed by atoms with E-state index in [4.69, 9.17) is 16.9 Å². The molecule has 0 radical (unpaired) electrons. The SMILES string of the molecule is Cc1ccc(NS(=O)(=O)c2cnn(C)c2Cl)c2[nH]cc(C#N)c12. The zero-order valence-corrected chi connectivity index (χ0v) is 13.8. The minimum Gasteiger partial charge on any atom is -0.358 e. The Hall–Kier alpha value is -2.50. The van der Waals surface area contributed by atoms with Gasteiger partial charge in [-0.25, -0.2) is 8.42 Å². The highest BCUT2D eigenvalue weighted by Crippen LogP contribution is 2.30. The van der Waals surface area contributed by atoms with Gasteiger partial charge in [0.15, 0.2) is 0 Å². The van der Waals surface area contributed by atoms with Crippen LogP contribution in [-0.4, -0.2) is 23.2 Å². The molecule has 0 unspecified atom stereocenters. The van der Waals surface area contributed by atoms with Gasteiger partial charge in [0.1, 0.15) is 16.1 Å². The molecule has 0 atom stereocenters. The number of rotatable bonds is 3. The minimum atomic E-state index is -3.89.